The number of rotatable bonds is 2. The van der Waals surface area contributed by atoms with Crippen LogP contribution in [0, 0.1) is 12.8 Å². The summed E-state index contributed by atoms with van der Waals surface area (Å²) in [6.45, 7) is 11.0. The Labute approximate surface area is 147 Å². The Hall–Kier alpha value is -1.64. The average molecular weight is 331 g/mol. The number of nitrogens with zero attached hydrogens (tertiary/aromatic N) is 2. The van der Waals surface area contributed by atoms with E-state index in [2.05, 4.69) is 24.9 Å². The van der Waals surface area contributed by atoms with Crippen LogP contribution in [0.15, 0.2) is 29.1 Å². The molecule has 3 heteroatoms. The Bertz CT molecular complexity index is 654. The molecule has 0 saturated heterocycles. The van der Waals surface area contributed by atoms with Crippen molar-refractivity contribution in [2.75, 3.05) is 0 Å². The van der Waals surface area contributed by atoms with Gasteiger partial charge in [-0.1, -0.05) is 71.6 Å². The van der Waals surface area contributed by atoms with Crippen LogP contribution in [0.2, 0.25) is 0 Å². The van der Waals surface area contributed by atoms with Crippen molar-refractivity contribution in [3.05, 3.63) is 40.4 Å². The molecule has 0 amide bonds. The molecule has 0 spiro atoms. The molecule has 134 valence electrons. The van der Waals surface area contributed by atoms with Crippen LogP contribution in [-0.4, -0.2) is 9.55 Å². The van der Waals surface area contributed by atoms with Crippen molar-refractivity contribution < 1.29 is 0 Å². The molecular formula is C21H34N2O. The molecule has 0 radical (unpaired) electrons. The predicted octanol–water partition coefficient (Wildman–Crippen LogP) is 5.73. The smallest absolute Gasteiger partial charge is 0.292 e. The van der Waals surface area contributed by atoms with Crippen LogP contribution in [0.25, 0.3) is 10.9 Å². The highest BCUT2D eigenvalue weighted by Gasteiger charge is 2.16. The maximum absolute atomic E-state index is 12.2. The molecule has 1 aromatic heterocycles. The molecule has 1 saturated carbocycles. The van der Waals surface area contributed by atoms with Gasteiger partial charge in [0.25, 0.3) is 0 Å². The normalized spacial score (nSPS) is 14.4. The summed E-state index contributed by atoms with van der Waals surface area (Å²) in [5.41, 5.74) is 1.77. The van der Waals surface area contributed by atoms with Gasteiger partial charge in [0.05, 0.1) is 11.2 Å². The maximum atomic E-state index is 12.2. The van der Waals surface area contributed by atoms with Crippen LogP contribution in [0.5, 0.6) is 0 Å². The third-order valence-corrected chi connectivity index (χ3v) is 4.24. The fourth-order valence-electron chi connectivity index (χ4n) is 3.19. The van der Waals surface area contributed by atoms with E-state index in [-0.39, 0.29) is 5.69 Å². The zero-order chi connectivity index (χ0) is 17.9. The predicted molar refractivity (Wildman–Crippen MR) is 105 cm³/mol. The molecule has 24 heavy (non-hydrogen) atoms. The molecule has 3 nitrogen and oxygen atoms in total. The van der Waals surface area contributed by atoms with Gasteiger partial charge in [0, 0.05) is 11.9 Å². The summed E-state index contributed by atoms with van der Waals surface area (Å²) in [5.74, 6) is 0.638. The third kappa shape index (κ3) is 5.47. The first-order valence-electron chi connectivity index (χ1n) is 9.63. The van der Waals surface area contributed by atoms with E-state index in [1.807, 2.05) is 43.5 Å². The molecule has 1 fully saturated rings. The van der Waals surface area contributed by atoms with Gasteiger partial charge in [-0.15, -0.1) is 0 Å². The number of hydrogen-bond donors (Lipinski definition) is 0. The largest absolute Gasteiger partial charge is 0.348 e. The topological polar surface area (TPSA) is 34.9 Å². The lowest BCUT2D eigenvalue weighted by molar-refractivity contribution is 0.318. The Morgan fingerprint density at radius 1 is 1.08 bits per heavy atom. The number of fused-ring (bicyclic) bond motifs is 1. The number of para-hydroxylation sites is 1. The third-order valence-electron chi connectivity index (χ3n) is 4.24. The van der Waals surface area contributed by atoms with E-state index in [9.17, 15) is 4.79 Å². The van der Waals surface area contributed by atoms with Gasteiger partial charge in [-0.3, -0.25) is 4.57 Å². The fraction of sp³-hybridized carbons (Fsp3) is 0.619. The zero-order valence-electron chi connectivity index (χ0n) is 16.1. The van der Waals surface area contributed by atoms with E-state index in [1.165, 1.54) is 38.5 Å². The van der Waals surface area contributed by atoms with Crippen molar-refractivity contribution in [1.82, 2.24) is 9.55 Å². The van der Waals surface area contributed by atoms with Crippen molar-refractivity contribution in [2.45, 2.75) is 79.7 Å². The minimum Gasteiger partial charge on any atom is -0.292 e. The second-order valence-electron chi connectivity index (χ2n) is 6.32. The standard InChI is InChI=1S/C16H20N2O.C3H8.C2H6/c1-12-14-9-5-6-10-15(14)18(16(19)17-12)11-13-7-3-2-4-8-13;1-3-2;1-2/h5-6,9-10,13H,2-4,7-8,11H2,1H3;3H2,1-2H3;1-2H3. The lowest BCUT2D eigenvalue weighted by Gasteiger charge is -2.23. The molecule has 1 aromatic carbocycles. The summed E-state index contributed by atoms with van der Waals surface area (Å²) in [6, 6.07) is 8.09. The van der Waals surface area contributed by atoms with Crippen LogP contribution in [-0.2, 0) is 6.54 Å². The quantitative estimate of drug-likeness (QED) is 0.705. The van der Waals surface area contributed by atoms with E-state index in [0.29, 0.717) is 5.92 Å². The minimum absolute atomic E-state index is 0.0956. The van der Waals surface area contributed by atoms with Gasteiger partial charge in [-0.2, -0.15) is 4.98 Å². The Morgan fingerprint density at radius 2 is 1.67 bits per heavy atom. The highest BCUT2D eigenvalue weighted by atomic mass is 16.1. The Balaban J connectivity index is 0.000000521. The minimum atomic E-state index is -0.0956. The highest BCUT2D eigenvalue weighted by molar-refractivity contribution is 5.80. The van der Waals surface area contributed by atoms with Gasteiger partial charge in [0.15, 0.2) is 0 Å². The second kappa shape index (κ2) is 11.0. The van der Waals surface area contributed by atoms with Crippen LogP contribution in [0.1, 0.15) is 71.9 Å². The highest BCUT2D eigenvalue weighted by Crippen LogP contribution is 2.25. The average Bonchev–Trinajstić information content (AvgIpc) is 2.62. The fourth-order valence-corrected chi connectivity index (χ4v) is 3.19. The van der Waals surface area contributed by atoms with Gasteiger partial charge in [0.1, 0.15) is 0 Å². The van der Waals surface area contributed by atoms with Crippen molar-refractivity contribution in [3.63, 3.8) is 0 Å². The number of hydrogen-bond acceptors (Lipinski definition) is 2. The van der Waals surface area contributed by atoms with Gasteiger partial charge >= 0.3 is 5.69 Å². The van der Waals surface area contributed by atoms with Crippen LogP contribution in [0.3, 0.4) is 0 Å². The molecule has 1 aliphatic rings. The molecule has 0 bridgehead atoms. The first kappa shape index (κ1) is 20.4. The number of benzene rings is 1. The van der Waals surface area contributed by atoms with Crippen LogP contribution < -0.4 is 5.69 Å². The molecule has 0 N–H and O–H groups in total. The van der Waals surface area contributed by atoms with Gasteiger partial charge in [-0.25, -0.2) is 4.79 Å². The monoisotopic (exact) mass is 330 g/mol. The van der Waals surface area contributed by atoms with E-state index in [4.69, 9.17) is 0 Å². The van der Waals surface area contributed by atoms with Crippen LogP contribution in [0.4, 0.5) is 0 Å². The summed E-state index contributed by atoms with van der Waals surface area (Å²) in [4.78, 5) is 16.4. The van der Waals surface area contributed by atoms with Crippen LogP contribution >= 0.6 is 0 Å². The molecule has 2 aromatic rings. The Kier molecular flexibility index (Phi) is 9.36. The van der Waals surface area contributed by atoms with Gasteiger partial charge in [-0.05, 0) is 31.7 Å². The van der Waals surface area contributed by atoms with Crippen molar-refractivity contribution in [3.8, 4) is 0 Å². The molecule has 1 heterocycles. The maximum Gasteiger partial charge on any atom is 0.348 e. The SMILES string of the molecule is CC.CCC.Cc1nc(=O)n(CC2CCCCC2)c2ccccc12. The van der Waals surface area contributed by atoms with E-state index in [0.717, 1.165) is 23.1 Å². The van der Waals surface area contributed by atoms with Crippen molar-refractivity contribution in [2.24, 2.45) is 5.92 Å². The van der Waals surface area contributed by atoms with Gasteiger partial charge < -0.3 is 0 Å². The lowest BCUT2D eigenvalue weighted by Crippen LogP contribution is -2.28. The van der Waals surface area contributed by atoms with E-state index >= 15 is 0 Å². The lowest BCUT2D eigenvalue weighted by atomic mass is 9.89. The summed E-state index contributed by atoms with van der Waals surface area (Å²) in [6.07, 6.45) is 7.69. The number of aryl methyl sites for hydroxylation is 1. The first-order chi connectivity index (χ1) is 11.7. The molecule has 0 unspecified atom stereocenters. The molecule has 3 rings (SSSR count). The summed E-state index contributed by atoms with van der Waals surface area (Å²) in [7, 11) is 0. The zero-order valence-corrected chi connectivity index (χ0v) is 16.1. The summed E-state index contributed by atoms with van der Waals surface area (Å²) < 4.78 is 1.87. The van der Waals surface area contributed by atoms with Crippen molar-refractivity contribution in [1.29, 1.82) is 0 Å². The first-order valence-corrected chi connectivity index (χ1v) is 9.63. The summed E-state index contributed by atoms with van der Waals surface area (Å²) in [5, 5.41) is 1.10. The van der Waals surface area contributed by atoms with E-state index < -0.39 is 0 Å². The molecule has 0 atom stereocenters. The van der Waals surface area contributed by atoms with E-state index in [1.54, 1.807) is 0 Å². The molecule has 0 aliphatic heterocycles. The summed E-state index contributed by atoms with van der Waals surface area (Å²) >= 11 is 0. The van der Waals surface area contributed by atoms with Gasteiger partial charge in [0.2, 0.25) is 0 Å². The Morgan fingerprint density at radius 3 is 2.29 bits per heavy atom. The van der Waals surface area contributed by atoms with Crippen molar-refractivity contribution >= 4 is 10.9 Å². The molecule has 1 aliphatic carbocycles. The number of aromatic nitrogens is 2. The second-order valence-corrected chi connectivity index (χ2v) is 6.32. The molecular weight excluding hydrogens is 296 g/mol.